The minimum atomic E-state index is -1.18. The highest BCUT2D eigenvalue weighted by Crippen LogP contribution is 2.29. The highest BCUT2D eigenvalue weighted by atomic mass is 16.5. The zero-order valence-corrected chi connectivity index (χ0v) is 13.6. The van der Waals surface area contributed by atoms with Crippen molar-refractivity contribution in [1.82, 2.24) is 0 Å². The Labute approximate surface area is 139 Å². The smallest absolute Gasteiger partial charge is 0.371 e. The van der Waals surface area contributed by atoms with E-state index in [1.807, 2.05) is 0 Å². The fourth-order valence-electron chi connectivity index (χ4n) is 2.00. The van der Waals surface area contributed by atoms with Crippen LogP contribution < -0.4 is 18.9 Å². The summed E-state index contributed by atoms with van der Waals surface area (Å²) >= 11 is 0. The van der Waals surface area contributed by atoms with Crippen LogP contribution in [0.25, 0.3) is 6.08 Å². The van der Waals surface area contributed by atoms with Crippen LogP contribution in [0.5, 0.6) is 23.0 Å². The van der Waals surface area contributed by atoms with Crippen molar-refractivity contribution < 1.29 is 28.8 Å². The van der Waals surface area contributed by atoms with Crippen LogP contribution in [0.2, 0.25) is 0 Å². The van der Waals surface area contributed by atoms with Gasteiger partial charge in [-0.2, -0.15) is 0 Å². The first-order valence-corrected chi connectivity index (χ1v) is 7.06. The first-order chi connectivity index (χ1) is 11.6. The van der Waals surface area contributed by atoms with Crippen LogP contribution in [-0.2, 0) is 4.79 Å². The second-order valence-electron chi connectivity index (χ2n) is 4.71. The average molecular weight is 330 g/mol. The fraction of sp³-hybridized carbons (Fsp3) is 0.167. The van der Waals surface area contributed by atoms with Crippen LogP contribution in [0, 0.1) is 0 Å². The molecule has 126 valence electrons. The molecule has 0 aliphatic heterocycles. The molecule has 0 unspecified atom stereocenters. The van der Waals surface area contributed by atoms with Gasteiger partial charge in [-0.25, -0.2) is 4.79 Å². The summed E-state index contributed by atoms with van der Waals surface area (Å²) in [6.45, 7) is 0. The van der Waals surface area contributed by atoms with Crippen molar-refractivity contribution in [2.75, 3.05) is 21.3 Å². The van der Waals surface area contributed by atoms with Crippen LogP contribution in [0.1, 0.15) is 5.56 Å². The molecular formula is C18H18O6. The van der Waals surface area contributed by atoms with E-state index in [1.165, 1.54) is 20.3 Å². The molecule has 0 fully saturated rings. The number of aliphatic carboxylic acids is 1. The lowest BCUT2D eigenvalue weighted by atomic mass is 10.1. The van der Waals surface area contributed by atoms with Gasteiger partial charge in [0, 0.05) is 0 Å². The number of carboxylic acids is 1. The van der Waals surface area contributed by atoms with Gasteiger partial charge in [0.25, 0.3) is 0 Å². The number of carbonyl (C=O) groups is 1. The molecule has 0 saturated carbocycles. The molecule has 0 atom stereocenters. The molecule has 0 aromatic heterocycles. The molecular weight excluding hydrogens is 312 g/mol. The number of methoxy groups -OCH3 is 3. The highest BCUT2D eigenvalue weighted by Gasteiger charge is 2.12. The Morgan fingerprint density at radius 2 is 1.50 bits per heavy atom. The quantitative estimate of drug-likeness (QED) is 0.621. The van der Waals surface area contributed by atoms with E-state index in [1.54, 1.807) is 49.6 Å². The Morgan fingerprint density at radius 1 is 0.875 bits per heavy atom. The number of rotatable bonds is 7. The third kappa shape index (κ3) is 4.19. The Morgan fingerprint density at radius 3 is 2.04 bits per heavy atom. The van der Waals surface area contributed by atoms with Gasteiger partial charge in [0.15, 0.2) is 11.5 Å². The van der Waals surface area contributed by atoms with Crippen LogP contribution in [0.4, 0.5) is 0 Å². The normalized spacial score (nSPS) is 10.9. The molecule has 0 radical (unpaired) electrons. The molecule has 0 aliphatic rings. The zero-order chi connectivity index (χ0) is 17.5. The first-order valence-electron chi connectivity index (χ1n) is 7.06. The van der Waals surface area contributed by atoms with Gasteiger partial charge in [-0.15, -0.1) is 0 Å². The largest absolute Gasteiger partial charge is 0.497 e. The second kappa shape index (κ2) is 7.92. The lowest BCUT2D eigenvalue weighted by Crippen LogP contribution is -2.07. The van der Waals surface area contributed by atoms with Crippen molar-refractivity contribution in [3.8, 4) is 23.0 Å². The third-order valence-electron chi connectivity index (χ3n) is 3.20. The van der Waals surface area contributed by atoms with E-state index >= 15 is 0 Å². The van der Waals surface area contributed by atoms with Crippen molar-refractivity contribution in [3.05, 3.63) is 53.8 Å². The summed E-state index contributed by atoms with van der Waals surface area (Å²) in [6, 6.07) is 11.7. The lowest BCUT2D eigenvalue weighted by molar-refractivity contribution is -0.134. The van der Waals surface area contributed by atoms with Gasteiger partial charge in [-0.3, -0.25) is 0 Å². The van der Waals surface area contributed by atoms with Crippen molar-refractivity contribution in [2.24, 2.45) is 0 Å². The number of ether oxygens (including phenoxy) is 4. The van der Waals surface area contributed by atoms with E-state index in [-0.39, 0.29) is 5.76 Å². The van der Waals surface area contributed by atoms with Crippen molar-refractivity contribution in [3.63, 3.8) is 0 Å². The molecule has 0 bridgehead atoms. The molecule has 2 rings (SSSR count). The molecule has 6 heteroatoms. The molecule has 2 aromatic carbocycles. The Kier molecular flexibility index (Phi) is 5.68. The number of carboxylic acid groups (broad SMARTS) is 1. The van der Waals surface area contributed by atoms with E-state index in [0.29, 0.717) is 28.6 Å². The third-order valence-corrected chi connectivity index (χ3v) is 3.20. The summed E-state index contributed by atoms with van der Waals surface area (Å²) in [5.74, 6) is 0.712. The molecule has 0 amide bonds. The molecule has 0 aliphatic carbocycles. The Balaban J connectivity index is 2.29. The second-order valence-corrected chi connectivity index (χ2v) is 4.71. The van der Waals surface area contributed by atoms with Crippen LogP contribution in [-0.4, -0.2) is 32.4 Å². The topological polar surface area (TPSA) is 74.2 Å². The average Bonchev–Trinajstić information content (AvgIpc) is 2.61. The van der Waals surface area contributed by atoms with E-state index in [2.05, 4.69) is 0 Å². The summed E-state index contributed by atoms with van der Waals surface area (Å²) in [5, 5.41) is 9.35. The predicted octanol–water partition coefficient (Wildman–Crippen LogP) is 3.22. The molecule has 0 heterocycles. The van der Waals surface area contributed by atoms with Crippen molar-refractivity contribution in [2.45, 2.75) is 0 Å². The van der Waals surface area contributed by atoms with Gasteiger partial charge in [0.05, 0.1) is 21.3 Å². The van der Waals surface area contributed by atoms with Gasteiger partial charge in [-0.1, -0.05) is 6.07 Å². The van der Waals surface area contributed by atoms with Gasteiger partial charge < -0.3 is 24.1 Å². The molecule has 0 saturated heterocycles. The maximum absolute atomic E-state index is 11.4. The van der Waals surface area contributed by atoms with E-state index in [4.69, 9.17) is 18.9 Å². The number of hydrogen-bond acceptors (Lipinski definition) is 5. The maximum atomic E-state index is 11.4. The summed E-state index contributed by atoms with van der Waals surface area (Å²) in [4.78, 5) is 11.4. The lowest BCUT2D eigenvalue weighted by Gasteiger charge is -2.09. The minimum Gasteiger partial charge on any atom is -0.497 e. The zero-order valence-electron chi connectivity index (χ0n) is 13.6. The molecule has 1 N–H and O–H groups in total. The van der Waals surface area contributed by atoms with Gasteiger partial charge >= 0.3 is 5.97 Å². The van der Waals surface area contributed by atoms with Crippen LogP contribution in [0.3, 0.4) is 0 Å². The Hall–Kier alpha value is -3.15. The SMILES string of the molecule is COc1ccc(OC(=Cc2ccc(OC)c(OC)c2)C(=O)O)cc1. The summed E-state index contributed by atoms with van der Waals surface area (Å²) in [6.07, 6.45) is 1.41. The standard InChI is InChI=1S/C18H18O6/c1-21-13-5-7-14(8-6-13)24-17(18(19)20)11-12-4-9-15(22-2)16(10-12)23-3/h4-11H,1-3H3,(H,19,20). The number of benzene rings is 2. The van der Waals surface area contributed by atoms with Crippen molar-refractivity contribution >= 4 is 12.0 Å². The summed E-state index contributed by atoms with van der Waals surface area (Å²) in [7, 11) is 4.59. The van der Waals surface area contributed by atoms with E-state index in [0.717, 1.165) is 0 Å². The number of hydrogen-bond donors (Lipinski definition) is 1. The Bertz CT molecular complexity index is 734. The maximum Gasteiger partial charge on any atom is 0.371 e. The minimum absolute atomic E-state index is 0.215. The van der Waals surface area contributed by atoms with Crippen LogP contribution >= 0.6 is 0 Å². The fourth-order valence-corrected chi connectivity index (χ4v) is 2.00. The van der Waals surface area contributed by atoms with E-state index in [9.17, 15) is 9.90 Å². The molecule has 2 aromatic rings. The van der Waals surface area contributed by atoms with Gasteiger partial charge in [0.2, 0.25) is 5.76 Å². The summed E-state index contributed by atoms with van der Waals surface area (Å²) in [5.41, 5.74) is 0.610. The van der Waals surface area contributed by atoms with Gasteiger partial charge in [-0.05, 0) is 48.0 Å². The highest BCUT2D eigenvalue weighted by molar-refractivity contribution is 5.90. The first kappa shape index (κ1) is 17.2. The molecule has 24 heavy (non-hydrogen) atoms. The molecule has 0 spiro atoms. The van der Waals surface area contributed by atoms with Gasteiger partial charge in [0.1, 0.15) is 11.5 Å². The summed E-state index contributed by atoms with van der Waals surface area (Å²) < 4.78 is 20.9. The van der Waals surface area contributed by atoms with E-state index < -0.39 is 5.97 Å². The molecule has 6 nitrogen and oxygen atoms in total. The predicted molar refractivity (Wildman–Crippen MR) is 88.8 cm³/mol. The van der Waals surface area contributed by atoms with Crippen molar-refractivity contribution in [1.29, 1.82) is 0 Å². The van der Waals surface area contributed by atoms with Crippen LogP contribution in [0.15, 0.2) is 48.2 Å². The monoisotopic (exact) mass is 330 g/mol.